The number of hydrogen-bond donors (Lipinski definition) is 0. The molecular weight excluding hydrogens is 303 g/mol. The van der Waals surface area contributed by atoms with Crippen molar-refractivity contribution in [3.8, 4) is 6.07 Å². The summed E-state index contributed by atoms with van der Waals surface area (Å²) in [5.41, 5.74) is 1.05. The first kappa shape index (κ1) is 15.9. The number of piperazine rings is 1. The topological polar surface area (TPSA) is 30.3 Å². The molecule has 1 aromatic rings. The molecule has 1 fully saturated rings. The van der Waals surface area contributed by atoms with Crippen LogP contribution in [0, 0.1) is 11.3 Å². The maximum absolute atomic E-state index is 12.5. The van der Waals surface area contributed by atoms with Gasteiger partial charge in [0.15, 0.2) is 0 Å². The zero-order chi connectivity index (χ0) is 15.6. The Labute approximate surface area is 126 Å². The van der Waals surface area contributed by atoms with Crippen LogP contribution in [0.15, 0.2) is 18.2 Å². The van der Waals surface area contributed by atoms with E-state index in [9.17, 15) is 13.2 Å². The number of rotatable bonds is 2. The van der Waals surface area contributed by atoms with Crippen LogP contribution in [0.1, 0.15) is 12.5 Å². The Hall–Kier alpha value is -1.45. The van der Waals surface area contributed by atoms with E-state index < -0.39 is 12.7 Å². The lowest BCUT2D eigenvalue weighted by Crippen LogP contribution is -2.54. The summed E-state index contributed by atoms with van der Waals surface area (Å²) in [7, 11) is 0. The number of nitrogens with zero attached hydrogens (tertiary/aromatic N) is 3. The highest BCUT2D eigenvalue weighted by Crippen LogP contribution is 2.31. The molecule has 0 amide bonds. The van der Waals surface area contributed by atoms with Gasteiger partial charge in [0, 0.05) is 25.7 Å². The molecule has 1 aliphatic rings. The number of nitriles is 1. The van der Waals surface area contributed by atoms with Crippen molar-refractivity contribution in [3.63, 3.8) is 0 Å². The smallest absolute Gasteiger partial charge is 0.366 e. The fraction of sp³-hybridized carbons (Fsp3) is 0.500. The molecule has 3 nitrogen and oxygen atoms in total. The number of hydrogen-bond acceptors (Lipinski definition) is 3. The SMILES string of the molecule is CC1CN(c2c(Cl)cccc2C#N)CCN1CC(F)(F)F. The summed E-state index contributed by atoms with van der Waals surface area (Å²) in [6.45, 7) is 1.96. The highest BCUT2D eigenvalue weighted by atomic mass is 35.5. The molecule has 1 aliphatic heterocycles. The molecule has 0 N–H and O–H groups in total. The minimum Gasteiger partial charge on any atom is -0.366 e. The molecule has 1 aromatic carbocycles. The first-order chi connectivity index (χ1) is 9.81. The van der Waals surface area contributed by atoms with E-state index in [-0.39, 0.29) is 12.6 Å². The number of alkyl halides is 3. The van der Waals surface area contributed by atoms with Crippen LogP contribution < -0.4 is 4.90 Å². The van der Waals surface area contributed by atoms with Crippen molar-refractivity contribution in [3.05, 3.63) is 28.8 Å². The molecule has 2 rings (SSSR count). The monoisotopic (exact) mass is 317 g/mol. The molecule has 0 aromatic heterocycles. The Morgan fingerprint density at radius 1 is 1.38 bits per heavy atom. The molecule has 0 aliphatic carbocycles. The molecule has 1 atom stereocenters. The van der Waals surface area contributed by atoms with Gasteiger partial charge in [-0.15, -0.1) is 0 Å². The summed E-state index contributed by atoms with van der Waals surface area (Å²) in [5.74, 6) is 0. The average molecular weight is 318 g/mol. The maximum atomic E-state index is 12.5. The molecular formula is C14H15ClF3N3. The van der Waals surface area contributed by atoms with Gasteiger partial charge >= 0.3 is 6.18 Å². The molecule has 0 spiro atoms. The third-order valence-electron chi connectivity index (χ3n) is 3.57. The van der Waals surface area contributed by atoms with Crippen LogP contribution in [-0.2, 0) is 0 Å². The number of benzene rings is 1. The van der Waals surface area contributed by atoms with Gasteiger partial charge in [-0.1, -0.05) is 17.7 Å². The normalized spacial score (nSPS) is 20.4. The van der Waals surface area contributed by atoms with E-state index >= 15 is 0 Å². The van der Waals surface area contributed by atoms with E-state index in [1.165, 1.54) is 4.90 Å². The van der Waals surface area contributed by atoms with Gasteiger partial charge in [-0.05, 0) is 19.1 Å². The molecule has 1 unspecified atom stereocenters. The summed E-state index contributed by atoms with van der Waals surface area (Å²) < 4.78 is 37.5. The predicted octanol–water partition coefficient (Wildman–Crippen LogP) is 3.28. The zero-order valence-corrected chi connectivity index (χ0v) is 12.2. The van der Waals surface area contributed by atoms with Gasteiger partial charge in [0.2, 0.25) is 0 Å². The van der Waals surface area contributed by atoms with Gasteiger partial charge in [0.05, 0.1) is 22.8 Å². The molecule has 0 bridgehead atoms. The largest absolute Gasteiger partial charge is 0.401 e. The Morgan fingerprint density at radius 2 is 2.10 bits per heavy atom. The lowest BCUT2D eigenvalue weighted by atomic mass is 10.1. The van der Waals surface area contributed by atoms with E-state index in [0.29, 0.717) is 29.4 Å². The molecule has 0 radical (unpaired) electrons. The fourth-order valence-corrected chi connectivity index (χ4v) is 2.88. The van der Waals surface area contributed by atoms with E-state index in [4.69, 9.17) is 16.9 Å². The molecule has 21 heavy (non-hydrogen) atoms. The second kappa shape index (κ2) is 6.12. The van der Waals surface area contributed by atoms with Crippen LogP contribution in [0.4, 0.5) is 18.9 Å². The van der Waals surface area contributed by atoms with Gasteiger partial charge in [-0.2, -0.15) is 18.4 Å². The highest BCUT2D eigenvalue weighted by Gasteiger charge is 2.35. The minimum atomic E-state index is -4.20. The van der Waals surface area contributed by atoms with Gasteiger partial charge in [-0.25, -0.2) is 0 Å². The van der Waals surface area contributed by atoms with Crippen LogP contribution in [0.5, 0.6) is 0 Å². The minimum absolute atomic E-state index is 0.261. The van der Waals surface area contributed by atoms with Crippen LogP contribution in [0.25, 0.3) is 0 Å². The van der Waals surface area contributed by atoms with E-state index in [1.807, 2.05) is 4.90 Å². The summed E-state index contributed by atoms with van der Waals surface area (Å²) >= 11 is 6.15. The van der Waals surface area contributed by atoms with Gasteiger partial charge in [-0.3, -0.25) is 4.90 Å². The van der Waals surface area contributed by atoms with E-state index in [1.54, 1.807) is 25.1 Å². The van der Waals surface area contributed by atoms with Crippen LogP contribution in [0.3, 0.4) is 0 Å². The van der Waals surface area contributed by atoms with Crippen molar-refractivity contribution in [2.75, 3.05) is 31.1 Å². The van der Waals surface area contributed by atoms with Crippen LogP contribution in [-0.4, -0.2) is 43.3 Å². The number of halogens is 4. The van der Waals surface area contributed by atoms with Crippen molar-refractivity contribution in [1.82, 2.24) is 4.90 Å². The van der Waals surface area contributed by atoms with Gasteiger partial charge < -0.3 is 4.90 Å². The Balaban J connectivity index is 2.15. The third-order valence-corrected chi connectivity index (χ3v) is 3.88. The molecule has 7 heteroatoms. The Morgan fingerprint density at radius 3 is 2.67 bits per heavy atom. The zero-order valence-electron chi connectivity index (χ0n) is 11.5. The second-order valence-corrected chi connectivity index (χ2v) is 5.54. The maximum Gasteiger partial charge on any atom is 0.401 e. The van der Waals surface area contributed by atoms with Crippen molar-refractivity contribution in [2.45, 2.75) is 19.1 Å². The van der Waals surface area contributed by atoms with Gasteiger partial charge in [0.25, 0.3) is 0 Å². The van der Waals surface area contributed by atoms with Crippen molar-refractivity contribution >= 4 is 17.3 Å². The standard InChI is InChI=1S/C14H15ClF3N3/c1-10-8-20(5-6-21(10)9-14(16,17)18)13-11(7-19)3-2-4-12(13)15/h2-4,10H,5-6,8-9H2,1H3. The third kappa shape index (κ3) is 3.80. The lowest BCUT2D eigenvalue weighted by Gasteiger charge is -2.41. The highest BCUT2D eigenvalue weighted by molar-refractivity contribution is 6.33. The molecule has 0 saturated carbocycles. The predicted molar refractivity (Wildman–Crippen MR) is 75.5 cm³/mol. The Kier molecular flexibility index (Phi) is 4.64. The van der Waals surface area contributed by atoms with Gasteiger partial charge in [0.1, 0.15) is 6.07 Å². The summed E-state index contributed by atoms with van der Waals surface area (Å²) in [4.78, 5) is 3.29. The first-order valence-electron chi connectivity index (χ1n) is 6.56. The van der Waals surface area contributed by atoms with E-state index in [0.717, 1.165) is 0 Å². The first-order valence-corrected chi connectivity index (χ1v) is 6.94. The van der Waals surface area contributed by atoms with Crippen molar-refractivity contribution in [2.24, 2.45) is 0 Å². The van der Waals surface area contributed by atoms with E-state index in [2.05, 4.69) is 6.07 Å². The quantitative estimate of drug-likeness (QED) is 0.838. The average Bonchev–Trinajstić information content (AvgIpc) is 2.39. The van der Waals surface area contributed by atoms with Crippen molar-refractivity contribution < 1.29 is 13.2 Å². The molecule has 1 saturated heterocycles. The fourth-order valence-electron chi connectivity index (χ4n) is 2.59. The Bertz CT molecular complexity index is 553. The lowest BCUT2D eigenvalue weighted by molar-refractivity contribution is -0.150. The van der Waals surface area contributed by atoms with Crippen molar-refractivity contribution in [1.29, 1.82) is 5.26 Å². The van der Waals surface area contributed by atoms with Crippen LogP contribution in [0.2, 0.25) is 5.02 Å². The molecule has 114 valence electrons. The summed E-state index contributed by atoms with van der Waals surface area (Å²) in [5, 5.41) is 9.60. The summed E-state index contributed by atoms with van der Waals surface area (Å²) in [6, 6.07) is 6.85. The van der Waals surface area contributed by atoms with Crippen LogP contribution >= 0.6 is 11.6 Å². The number of para-hydroxylation sites is 1. The summed E-state index contributed by atoms with van der Waals surface area (Å²) in [6.07, 6.45) is -4.20. The second-order valence-electron chi connectivity index (χ2n) is 5.13. The molecule has 1 heterocycles. The number of anilines is 1.